The van der Waals surface area contributed by atoms with E-state index in [9.17, 15) is 0 Å². The Balaban J connectivity index is 2.56. The molecule has 0 fully saturated rings. The van der Waals surface area contributed by atoms with Crippen LogP contribution in [0.1, 0.15) is 11.6 Å². The third-order valence-electron chi connectivity index (χ3n) is 2.41. The molecule has 70 valence electrons. The number of fused-ring (bicyclic) bond motifs is 1. The average molecular weight is 183 g/mol. The molecule has 0 radical (unpaired) electrons. The summed E-state index contributed by atoms with van der Waals surface area (Å²) in [4.78, 5) is 0. The van der Waals surface area contributed by atoms with Crippen molar-refractivity contribution in [3.63, 3.8) is 0 Å². The van der Waals surface area contributed by atoms with Crippen LogP contribution in [-0.2, 0) is 0 Å². The number of hydrogen-bond donors (Lipinski definition) is 1. The Morgan fingerprint density at radius 2 is 1.79 bits per heavy atom. The number of hydrogen-bond acceptors (Lipinski definition) is 1. The van der Waals surface area contributed by atoms with E-state index in [2.05, 4.69) is 36.9 Å². The number of nitrogens with two attached hydrogens (primary N) is 1. The zero-order valence-corrected chi connectivity index (χ0v) is 7.98. The van der Waals surface area contributed by atoms with Gasteiger partial charge in [-0.15, -0.1) is 6.58 Å². The summed E-state index contributed by atoms with van der Waals surface area (Å²) in [5, 5.41) is 2.47. The lowest BCUT2D eigenvalue weighted by molar-refractivity contribution is 0.917. The van der Waals surface area contributed by atoms with Gasteiger partial charge in [-0.25, -0.2) is 0 Å². The molecule has 0 bridgehead atoms. The van der Waals surface area contributed by atoms with Gasteiger partial charge in [0.2, 0.25) is 0 Å². The van der Waals surface area contributed by atoms with E-state index >= 15 is 0 Å². The van der Waals surface area contributed by atoms with Crippen molar-refractivity contribution < 1.29 is 0 Å². The van der Waals surface area contributed by atoms with Crippen molar-refractivity contribution in [1.29, 1.82) is 0 Å². The Morgan fingerprint density at radius 3 is 2.50 bits per heavy atom. The van der Waals surface area contributed by atoms with Gasteiger partial charge in [0.05, 0.1) is 0 Å². The lowest BCUT2D eigenvalue weighted by Gasteiger charge is -2.07. The van der Waals surface area contributed by atoms with E-state index in [1.807, 2.05) is 12.1 Å². The summed E-state index contributed by atoms with van der Waals surface area (Å²) in [7, 11) is 0. The lowest BCUT2D eigenvalue weighted by Crippen LogP contribution is -2.05. The van der Waals surface area contributed by atoms with E-state index in [1.54, 1.807) is 6.08 Å². The molecular weight excluding hydrogens is 170 g/mol. The fraction of sp³-hybridized carbons (Fsp3) is 0.0769. The number of benzene rings is 2. The van der Waals surface area contributed by atoms with Gasteiger partial charge in [0, 0.05) is 6.04 Å². The molecule has 0 saturated carbocycles. The quantitative estimate of drug-likeness (QED) is 0.711. The Morgan fingerprint density at radius 1 is 1.07 bits per heavy atom. The fourth-order valence-corrected chi connectivity index (χ4v) is 1.55. The minimum atomic E-state index is -0.0698. The second kappa shape index (κ2) is 3.64. The summed E-state index contributed by atoms with van der Waals surface area (Å²) in [6, 6.07) is 14.4. The minimum Gasteiger partial charge on any atom is -0.321 e. The van der Waals surface area contributed by atoms with Crippen LogP contribution in [0.2, 0.25) is 0 Å². The predicted molar refractivity (Wildman–Crippen MR) is 61.1 cm³/mol. The third-order valence-corrected chi connectivity index (χ3v) is 2.41. The highest BCUT2D eigenvalue weighted by Gasteiger charge is 2.01. The second-order valence-corrected chi connectivity index (χ2v) is 3.37. The maximum absolute atomic E-state index is 5.87. The van der Waals surface area contributed by atoms with Crippen LogP contribution in [-0.4, -0.2) is 0 Å². The topological polar surface area (TPSA) is 26.0 Å². The van der Waals surface area contributed by atoms with Crippen molar-refractivity contribution in [2.45, 2.75) is 6.04 Å². The van der Waals surface area contributed by atoms with Gasteiger partial charge in [0.25, 0.3) is 0 Å². The van der Waals surface area contributed by atoms with Crippen LogP contribution >= 0.6 is 0 Å². The van der Waals surface area contributed by atoms with Crippen molar-refractivity contribution in [2.75, 3.05) is 0 Å². The van der Waals surface area contributed by atoms with E-state index in [0.717, 1.165) is 5.56 Å². The van der Waals surface area contributed by atoms with Crippen LogP contribution in [0.5, 0.6) is 0 Å². The molecule has 0 heterocycles. The fourth-order valence-electron chi connectivity index (χ4n) is 1.55. The van der Waals surface area contributed by atoms with E-state index in [4.69, 9.17) is 5.73 Å². The minimum absolute atomic E-state index is 0.0698. The van der Waals surface area contributed by atoms with Crippen LogP contribution in [0, 0.1) is 0 Å². The summed E-state index contributed by atoms with van der Waals surface area (Å²) in [5.74, 6) is 0. The lowest BCUT2D eigenvalue weighted by atomic mass is 10.0. The maximum Gasteiger partial charge on any atom is 0.0478 e. The molecule has 2 N–H and O–H groups in total. The summed E-state index contributed by atoms with van der Waals surface area (Å²) < 4.78 is 0. The Hall–Kier alpha value is -1.60. The first-order valence-electron chi connectivity index (χ1n) is 4.68. The number of rotatable bonds is 2. The van der Waals surface area contributed by atoms with Crippen molar-refractivity contribution in [3.05, 3.63) is 60.7 Å². The molecule has 14 heavy (non-hydrogen) atoms. The van der Waals surface area contributed by atoms with Gasteiger partial charge in [-0.1, -0.05) is 42.5 Å². The Bertz CT molecular complexity index is 459. The highest BCUT2D eigenvalue weighted by atomic mass is 14.6. The second-order valence-electron chi connectivity index (χ2n) is 3.37. The molecule has 1 atom stereocenters. The van der Waals surface area contributed by atoms with Gasteiger partial charge in [-0.3, -0.25) is 0 Å². The zero-order valence-electron chi connectivity index (χ0n) is 7.98. The molecule has 0 aromatic heterocycles. The highest BCUT2D eigenvalue weighted by Crippen LogP contribution is 2.19. The first kappa shape index (κ1) is 8.97. The van der Waals surface area contributed by atoms with Gasteiger partial charge >= 0.3 is 0 Å². The third kappa shape index (κ3) is 1.54. The summed E-state index contributed by atoms with van der Waals surface area (Å²) in [5.41, 5.74) is 6.98. The summed E-state index contributed by atoms with van der Waals surface area (Å²) >= 11 is 0. The van der Waals surface area contributed by atoms with Gasteiger partial charge in [-0.2, -0.15) is 0 Å². The van der Waals surface area contributed by atoms with Crippen molar-refractivity contribution in [3.8, 4) is 0 Å². The monoisotopic (exact) mass is 183 g/mol. The highest BCUT2D eigenvalue weighted by molar-refractivity contribution is 5.83. The maximum atomic E-state index is 5.87. The van der Waals surface area contributed by atoms with Crippen LogP contribution in [0.25, 0.3) is 10.8 Å². The molecule has 0 aliphatic rings. The largest absolute Gasteiger partial charge is 0.321 e. The van der Waals surface area contributed by atoms with Crippen LogP contribution in [0.15, 0.2) is 55.1 Å². The molecule has 0 saturated heterocycles. The molecule has 2 aromatic carbocycles. The molecule has 1 heteroatoms. The normalized spacial score (nSPS) is 12.6. The van der Waals surface area contributed by atoms with Crippen LogP contribution in [0.4, 0.5) is 0 Å². The van der Waals surface area contributed by atoms with E-state index < -0.39 is 0 Å². The van der Waals surface area contributed by atoms with Gasteiger partial charge in [-0.05, 0) is 22.4 Å². The standard InChI is InChI=1S/C13H13N/c1-2-13(14)12-8-7-10-5-3-4-6-11(10)9-12/h2-9,13H,1,14H2. The first-order valence-corrected chi connectivity index (χ1v) is 4.68. The van der Waals surface area contributed by atoms with Gasteiger partial charge < -0.3 is 5.73 Å². The first-order chi connectivity index (χ1) is 6.81. The molecular formula is C13H13N. The Labute approximate surface area is 83.9 Å². The molecule has 2 rings (SSSR count). The van der Waals surface area contributed by atoms with Gasteiger partial charge in [0.15, 0.2) is 0 Å². The molecule has 1 unspecified atom stereocenters. The van der Waals surface area contributed by atoms with Crippen molar-refractivity contribution in [1.82, 2.24) is 0 Å². The Kier molecular flexibility index (Phi) is 2.33. The average Bonchev–Trinajstić information content (AvgIpc) is 2.27. The molecule has 0 amide bonds. The van der Waals surface area contributed by atoms with Crippen LogP contribution in [0.3, 0.4) is 0 Å². The summed E-state index contributed by atoms with van der Waals surface area (Å²) in [6.45, 7) is 3.69. The van der Waals surface area contributed by atoms with Crippen LogP contribution < -0.4 is 5.73 Å². The molecule has 2 aromatic rings. The zero-order chi connectivity index (χ0) is 9.97. The van der Waals surface area contributed by atoms with E-state index in [0.29, 0.717) is 0 Å². The van der Waals surface area contributed by atoms with E-state index in [-0.39, 0.29) is 6.04 Å². The molecule has 1 nitrogen and oxygen atoms in total. The van der Waals surface area contributed by atoms with Crippen molar-refractivity contribution >= 4 is 10.8 Å². The van der Waals surface area contributed by atoms with E-state index in [1.165, 1.54) is 10.8 Å². The summed E-state index contributed by atoms with van der Waals surface area (Å²) in [6.07, 6.45) is 1.75. The van der Waals surface area contributed by atoms with Gasteiger partial charge in [0.1, 0.15) is 0 Å². The predicted octanol–water partition coefficient (Wildman–Crippen LogP) is 3.03. The molecule has 0 aliphatic heterocycles. The SMILES string of the molecule is C=CC(N)c1ccc2ccccc2c1. The van der Waals surface area contributed by atoms with Crippen molar-refractivity contribution in [2.24, 2.45) is 5.73 Å². The smallest absolute Gasteiger partial charge is 0.0478 e. The molecule has 0 spiro atoms. The molecule has 0 aliphatic carbocycles.